The molecular weight excluding hydrogens is 296 g/mol. The first kappa shape index (κ1) is 15.7. The summed E-state index contributed by atoms with van der Waals surface area (Å²) < 4.78 is 26.7. The van der Waals surface area contributed by atoms with E-state index in [0.717, 1.165) is 12.5 Å². The number of hydrazine groups is 1. The average Bonchev–Trinajstić information content (AvgIpc) is 2.77. The van der Waals surface area contributed by atoms with Crippen molar-refractivity contribution in [3.05, 3.63) is 28.3 Å². The van der Waals surface area contributed by atoms with Gasteiger partial charge >= 0.3 is 0 Å². The second-order valence-corrected chi connectivity index (χ2v) is 7.24. The number of nitro benzene ring substituents is 1. The van der Waals surface area contributed by atoms with Gasteiger partial charge < -0.3 is 5.43 Å². The Bertz CT molecular complexity index is 661. The quantitative estimate of drug-likeness (QED) is 0.491. The Morgan fingerprint density at radius 3 is 2.57 bits per heavy atom. The van der Waals surface area contributed by atoms with Crippen molar-refractivity contribution in [1.29, 1.82) is 0 Å². The second-order valence-electron chi connectivity index (χ2n) is 5.35. The Morgan fingerprint density at radius 2 is 2.10 bits per heavy atom. The fraction of sp³-hybridized carbons (Fsp3) is 0.500. The van der Waals surface area contributed by atoms with Gasteiger partial charge in [0.15, 0.2) is 0 Å². The van der Waals surface area contributed by atoms with Crippen LogP contribution >= 0.6 is 0 Å². The summed E-state index contributed by atoms with van der Waals surface area (Å²) >= 11 is 0. The number of hydrogen-bond acceptors (Lipinski definition) is 6. The maximum atomic E-state index is 12.6. The summed E-state index contributed by atoms with van der Waals surface area (Å²) in [5, 5.41) is 10.8. The molecule has 0 aromatic heterocycles. The molecule has 21 heavy (non-hydrogen) atoms. The number of benzene rings is 1. The molecule has 8 nitrogen and oxygen atoms in total. The van der Waals surface area contributed by atoms with Crippen molar-refractivity contribution < 1.29 is 13.3 Å². The van der Waals surface area contributed by atoms with Crippen LogP contribution in [0.1, 0.15) is 20.3 Å². The summed E-state index contributed by atoms with van der Waals surface area (Å²) in [6, 6.07) is 3.49. The van der Waals surface area contributed by atoms with Gasteiger partial charge in [0.05, 0.1) is 9.82 Å². The molecule has 2 unspecified atom stereocenters. The largest absolute Gasteiger partial charge is 0.318 e. The lowest BCUT2D eigenvalue weighted by molar-refractivity contribution is -0.384. The van der Waals surface area contributed by atoms with E-state index in [-0.39, 0.29) is 22.3 Å². The van der Waals surface area contributed by atoms with Crippen LogP contribution in [0.25, 0.3) is 0 Å². The van der Waals surface area contributed by atoms with Crippen molar-refractivity contribution in [3.63, 3.8) is 0 Å². The third-order valence-electron chi connectivity index (χ3n) is 3.65. The van der Waals surface area contributed by atoms with Crippen LogP contribution in [0.15, 0.2) is 23.1 Å². The van der Waals surface area contributed by atoms with Crippen LogP contribution in [0, 0.1) is 16.0 Å². The highest BCUT2D eigenvalue weighted by Crippen LogP contribution is 2.32. The Labute approximate surface area is 123 Å². The first-order valence-electron chi connectivity index (χ1n) is 6.54. The van der Waals surface area contributed by atoms with E-state index in [2.05, 4.69) is 5.43 Å². The Balaban J connectivity index is 2.44. The zero-order valence-electron chi connectivity index (χ0n) is 11.8. The number of sulfonamides is 1. The molecule has 0 radical (unpaired) electrons. The van der Waals surface area contributed by atoms with Crippen LogP contribution in [0.3, 0.4) is 0 Å². The summed E-state index contributed by atoms with van der Waals surface area (Å²) in [7, 11) is -3.68. The maximum Gasteiger partial charge on any atom is 0.293 e. The van der Waals surface area contributed by atoms with Gasteiger partial charge in [-0.1, -0.05) is 6.92 Å². The van der Waals surface area contributed by atoms with Crippen molar-refractivity contribution in [3.8, 4) is 0 Å². The van der Waals surface area contributed by atoms with Gasteiger partial charge in [-0.2, -0.15) is 4.31 Å². The molecule has 0 amide bonds. The highest BCUT2D eigenvalue weighted by Gasteiger charge is 2.36. The average molecular weight is 314 g/mol. The lowest BCUT2D eigenvalue weighted by atomic mass is 10.1. The van der Waals surface area contributed by atoms with Gasteiger partial charge in [0, 0.05) is 18.7 Å². The minimum Gasteiger partial charge on any atom is -0.318 e. The Kier molecular flexibility index (Phi) is 4.17. The summed E-state index contributed by atoms with van der Waals surface area (Å²) in [6.07, 6.45) is 0.800. The van der Waals surface area contributed by atoms with E-state index >= 15 is 0 Å². The summed E-state index contributed by atoms with van der Waals surface area (Å²) in [6.45, 7) is 4.30. The maximum absolute atomic E-state index is 12.6. The molecule has 1 aliphatic heterocycles. The SMILES string of the molecule is CC1CC(C)N(S(=O)(=O)c2ccc([N+](=O)[O-])c(NN)c2)C1. The number of rotatable bonds is 4. The Morgan fingerprint density at radius 1 is 1.43 bits per heavy atom. The van der Waals surface area contributed by atoms with Crippen molar-refractivity contribution in [2.45, 2.75) is 31.2 Å². The van der Waals surface area contributed by atoms with Gasteiger partial charge in [0.1, 0.15) is 5.69 Å². The molecule has 3 N–H and O–H groups in total. The van der Waals surface area contributed by atoms with Crippen molar-refractivity contribution in [1.82, 2.24) is 4.31 Å². The standard InChI is InChI=1S/C12H18N4O4S/c1-8-5-9(2)15(7-8)21(19,20)10-3-4-12(16(17)18)11(6-10)14-13/h3-4,6,8-9,14H,5,7,13H2,1-2H3. The highest BCUT2D eigenvalue weighted by molar-refractivity contribution is 7.89. The minimum atomic E-state index is -3.68. The second kappa shape index (κ2) is 5.58. The molecular formula is C12H18N4O4S. The van der Waals surface area contributed by atoms with E-state index in [1.807, 2.05) is 13.8 Å². The predicted molar refractivity (Wildman–Crippen MR) is 78.0 cm³/mol. The van der Waals surface area contributed by atoms with E-state index in [4.69, 9.17) is 5.84 Å². The van der Waals surface area contributed by atoms with E-state index in [9.17, 15) is 18.5 Å². The fourth-order valence-corrected chi connectivity index (χ4v) is 4.47. The normalized spacial score (nSPS) is 23.2. The highest BCUT2D eigenvalue weighted by atomic mass is 32.2. The molecule has 0 bridgehead atoms. The summed E-state index contributed by atoms with van der Waals surface area (Å²) in [4.78, 5) is 10.2. The predicted octanol–water partition coefficient (Wildman–Crippen LogP) is 1.30. The summed E-state index contributed by atoms with van der Waals surface area (Å²) in [5.74, 6) is 5.53. The summed E-state index contributed by atoms with van der Waals surface area (Å²) in [5.41, 5.74) is 1.88. The van der Waals surface area contributed by atoms with Crippen LogP contribution in [0.5, 0.6) is 0 Å². The molecule has 9 heteroatoms. The topological polar surface area (TPSA) is 119 Å². The van der Waals surface area contributed by atoms with E-state index < -0.39 is 14.9 Å². The van der Waals surface area contributed by atoms with Crippen molar-refractivity contribution >= 4 is 21.4 Å². The van der Waals surface area contributed by atoms with Crippen LogP contribution in [0.4, 0.5) is 11.4 Å². The minimum absolute atomic E-state index is 0.00185. The molecule has 1 aromatic carbocycles. The van der Waals surface area contributed by atoms with Gasteiger partial charge in [0.25, 0.3) is 5.69 Å². The van der Waals surface area contributed by atoms with Crippen LogP contribution in [0.2, 0.25) is 0 Å². The number of nitrogens with zero attached hydrogens (tertiary/aromatic N) is 2. The monoisotopic (exact) mass is 314 g/mol. The molecule has 1 saturated heterocycles. The van der Waals surface area contributed by atoms with E-state index in [1.54, 1.807) is 0 Å². The van der Waals surface area contributed by atoms with Crippen molar-refractivity contribution in [2.24, 2.45) is 11.8 Å². The zero-order valence-corrected chi connectivity index (χ0v) is 12.6. The molecule has 2 rings (SSSR count). The Hall–Kier alpha value is -1.71. The number of hydrogen-bond donors (Lipinski definition) is 2. The van der Waals surface area contributed by atoms with Gasteiger partial charge in [-0.15, -0.1) is 0 Å². The first-order chi connectivity index (χ1) is 9.77. The number of nitrogens with one attached hydrogen (secondary N) is 1. The number of nitrogens with two attached hydrogens (primary N) is 1. The number of nitro groups is 1. The molecule has 0 aliphatic carbocycles. The van der Waals surface area contributed by atoms with Crippen LogP contribution in [-0.4, -0.2) is 30.2 Å². The number of anilines is 1. The molecule has 1 aromatic rings. The smallest absolute Gasteiger partial charge is 0.293 e. The molecule has 1 aliphatic rings. The van der Waals surface area contributed by atoms with Crippen LogP contribution in [-0.2, 0) is 10.0 Å². The fourth-order valence-electron chi connectivity index (χ4n) is 2.68. The molecule has 1 heterocycles. The first-order valence-corrected chi connectivity index (χ1v) is 7.98. The molecule has 116 valence electrons. The zero-order chi connectivity index (χ0) is 15.8. The van der Waals surface area contributed by atoms with E-state index in [1.165, 1.54) is 16.4 Å². The number of nitrogen functional groups attached to an aromatic ring is 1. The molecule has 0 saturated carbocycles. The molecule has 1 fully saturated rings. The van der Waals surface area contributed by atoms with Gasteiger partial charge in [0.2, 0.25) is 10.0 Å². The lowest BCUT2D eigenvalue weighted by Gasteiger charge is -2.21. The molecule has 2 atom stereocenters. The third-order valence-corrected chi connectivity index (χ3v) is 5.63. The van der Waals surface area contributed by atoms with Gasteiger partial charge in [-0.25, -0.2) is 8.42 Å². The van der Waals surface area contributed by atoms with E-state index in [0.29, 0.717) is 12.5 Å². The van der Waals surface area contributed by atoms with Crippen molar-refractivity contribution in [2.75, 3.05) is 12.0 Å². The van der Waals surface area contributed by atoms with Crippen LogP contribution < -0.4 is 11.3 Å². The van der Waals surface area contributed by atoms with Gasteiger partial charge in [-0.05, 0) is 31.4 Å². The van der Waals surface area contributed by atoms with Gasteiger partial charge in [-0.3, -0.25) is 16.0 Å². The third kappa shape index (κ3) is 2.85. The molecule has 0 spiro atoms. The lowest BCUT2D eigenvalue weighted by Crippen LogP contribution is -2.34.